The van der Waals surface area contributed by atoms with Crippen LogP contribution in [0.25, 0.3) is 0 Å². The Morgan fingerprint density at radius 3 is 2.82 bits per heavy atom. The second kappa shape index (κ2) is 4.97. The van der Waals surface area contributed by atoms with Gasteiger partial charge in [0.1, 0.15) is 0 Å². The summed E-state index contributed by atoms with van der Waals surface area (Å²) >= 11 is 0. The predicted molar refractivity (Wildman–Crippen MR) is 79.7 cm³/mol. The molecule has 4 aliphatic rings. The molecule has 0 aromatic rings. The second-order valence-corrected chi connectivity index (χ2v) is 7.11. The van der Waals surface area contributed by atoms with E-state index in [-0.39, 0.29) is 35.6 Å². The number of hydrogen-bond donors (Lipinski definition) is 0. The lowest BCUT2D eigenvalue weighted by Gasteiger charge is -2.39. The van der Waals surface area contributed by atoms with Gasteiger partial charge in [-0.3, -0.25) is 9.59 Å². The predicted octanol–water partition coefficient (Wildman–Crippen LogP) is 2.64. The highest BCUT2D eigenvalue weighted by Crippen LogP contribution is 2.57. The maximum absolute atomic E-state index is 12.1. The molecule has 4 rings (SSSR count). The molecule has 4 heteroatoms. The Hall–Kier alpha value is -1.58. The smallest absolute Gasteiger partial charge is 0.309 e. The summed E-state index contributed by atoms with van der Waals surface area (Å²) in [6, 6.07) is 0. The third-order valence-electron chi connectivity index (χ3n) is 6.24. The number of methoxy groups -OCH3 is 1. The monoisotopic (exact) mass is 302 g/mol. The van der Waals surface area contributed by atoms with Gasteiger partial charge in [0.05, 0.1) is 25.6 Å². The van der Waals surface area contributed by atoms with Gasteiger partial charge in [-0.1, -0.05) is 23.3 Å². The lowest BCUT2D eigenvalue weighted by atomic mass is 9.63. The van der Waals surface area contributed by atoms with Crippen LogP contribution in [0.2, 0.25) is 0 Å². The molecule has 0 amide bonds. The average molecular weight is 302 g/mol. The number of rotatable bonds is 1. The first-order valence-electron chi connectivity index (χ1n) is 8.25. The molecule has 1 heterocycles. The zero-order valence-corrected chi connectivity index (χ0v) is 13.0. The first-order chi connectivity index (χ1) is 10.6. The highest BCUT2D eigenvalue weighted by molar-refractivity contribution is 5.77. The Morgan fingerprint density at radius 2 is 2.05 bits per heavy atom. The fraction of sp³-hybridized carbons (Fsp3) is 0.667. The zero-order chi connectivity index (χ0) is 15.4. The third kappa shape index (κ3) is 1.82. The van der Waals surface area contributed by atoms with Crippen LogP contribution in [0, 0.1) is 29.6 Å². The minimum Gasteiger partial charge on any atom is -0.469 e. The molecule has 0 aromatic heterocycles. The molecular weight excluding hydrogens is 280 g/mol. The molecule has 0 bridgehead atoms. The highest BCUT2D eigenvalue weighted by Gasteiger charge is 2.52. The molecule has 1 saturated heterocycles. The molecule has 0 radical (unpaired) electrons. The van der Waals surface area contributed by atoms with Crippen molar-refractivity contribution in [2.45, 2.75) is 32.1 Å². The Kier molecular flexibility index (Phi) is 3.17. The lowest BCUT2D eigenvalue weighted by Crippen LogP contribution is -2.34. The van der Waals surface area contributed by atoms with Crippen LogP contribution in [-0.4, -0.2) is 25.7 Å². The summed E-state index contributed by atoms with van der Waals surface area (Å²) in [6.45, 7) is 4.78. The molecule has 4 nitrogen and oxygen atoms in total. The molecule has 0 aromatic carbocycles. The molecule has 0 N–H and O–H groups in total. The number of allylic oxidation sites excluding steroid dienone is 2. The van der Waals surface area contributed by atoms with Crippen molar-refractivity contribution in [2.24, 2.45) is 29.6 Å². The standard InChI is InChI=1S/C18H22O4/c1-9-7-13(17(19)21-2)11-5-3-10-4-6-12-14(8-22-18(12)20)16(10)15(9)11/h11-15H,1,3-8H2,2H3/t11-,12+,13+,14+,15+/m1/s1. The summed E-state index contributed by atoms with van der Waals surface area (Å²) in [5.41, 5.74) is 4.05. The van der Waals surface area contributed by atoms with Gasteiger partial charge in [0, 0.05) is 11.8 Å². The van der Waals surface area contributed by atoms with Crippen LogP contribution in [0.1, 0.15) is 32.1 Å². The van der Waals surface area contributed by atoms with Crippen LogP contribution in [0.15, 0.2) is 23.3 Å². The quantitative estimate of drug-likeness (QED) is 0.552. The van der Waals surface area contributed by atoms with Gasteiger partial charge < -0.3 is 9.47 Å². The molecular formula is C18H22O4. The highest BCUT2D eigenvalue weighted by atomic mass is 16.5. The van der Waals surface area contributed by atoms with E-state index < -0.39 is 0 Å². The van der Waals surface area contributed by atoms with Gasteiger partial charge in [0.25, 0.3) is 0 Å². The summed E-state index contributed by atoms with van der Waals surface area (Å²) in [4.78, 5) is 24.0. The van der Waals surface area contributed by atoms with Crippen molar-refractivity contribution < 1.29 is 19.1 Å². The molecule has 0 spiro atoms. The molecule has 1 aliphatic heterocycles. The minimum atomic E-state index is -0.108. The van der Waals surface area contributed by atoms with E-state index in [0.29, 0.717) is 12.5 Å². The largest absolute Gasteiger partial charge is 0.469 e. The van der Waals surface area contributed by atoms with Gasteiger partial charge in [-0.15, -0.1) is 0 Å². The lowest BCUT2D eigenvalue weighted by molar-refractivity contribution is -0.147. The number of esters is 2. The summed E-state index contributed by atoms with van der Waals surface area (Å²) in [5, 5.41) is 0. The number of fused-ring (bicyclic) bond motifs is 4. The second-order valence-electron chi connectivity index (χ2n) is 7.11. The zero-order valence-electron chi connectivity index (χ0n) is 13.0. The normalized spacial score (nSPS) is 40.0. The van der Waals surface area contributed by atoms with Crippen LogP contribution < -0.4 is 0 Å². The number of hydrogen-bond acceptors (Lipinski definition) is 4. The third-order valence-corrected chi connectivity index (χ3v) is 6.24. The summed E-state index contributed by atoms with van der Waals surface area (Å²) in [5.74, 6) is 0.605. The van der Waals surface area contributed by atoms with Crippen molar-refractivity contribution in [3.8, 4) is 0 Å². The van der Waals surface area contributed by atoms with Crippen LogP contribution in [-0.2, 0) is 19.1 Å². The molecule has 1 saturated carbocycles. The van der Waals surface area contributed by atoms with Gasteiger partial charge in [-0.25, -0.2) is 0 Å². The van der Waals surface area contributed by atoms with Crippen molar-refractivity contribution >= 4 is 11.9 Å². The molecule has 118 valence electrons. The number of carbonyl (C=O) groups is 2. The van der Waals surface area contributed by atoms with Crippen molar-refractivity contribution in [2.75, 3.05) is 13.7 Å². The first-order valence-corrected chi connectivity index (χ1v) is 8.25. The first kappa shape index (κ1) is 14.0. The molecule has 2 fully saturated rings. The van der Waals surface area contributed by atoms with Crippen LogP contribution >= 0.6 is 0 Å². The summed E-state index contributed by atoms with van der Waals surface area (Å²) < 4.78 is 10.3. The van der Waals surface area contributed by atoms with E-state index in [1.165, 1.54) is 18.3 Å². The van der Waals surface area contributed by atoms with Gasteiger partial charge in [-0.2, -0.15) is 0 Å². The van der Waals surface area contributed by atoms with E-state index in [9.17, 15) is 9.59 Å². The maximum Gasteiger partial charge on any atom is 0.309 e. The van der Waals surface area contributed by atoms with Gasteiger partial charge >= 0.3 is 11.9 Å². The molecule has 0 unspecified atom stereocenters. The van der Waals surface area contributed by atoms with E-state index in [1.54, 1.807) is 0 Å². The molecule has 22 heavy (non-hydrogen) atoms. The number of carbonyl (C=O) groups excluding carboxylic acids is 2. The van der Waals surface area contributed by atoms with Crippen LogP contribution in [0.4, 0.5) is 0 Å². The number of cyclic esters (lactones) is 1. The Balaban J connectivity index is 1.71. The molecule has 3 aliphatic carbocycles. The molecule has 5 atom stereocenters. The van der Waals surface area contributed by atoms with Crippen LogP contribution in [0.5, 0.6) is 0 Å². The topological polar surface area (TPSA) is 52.6 Å². The average Bonchev–Trinajstić information content (AvgIpc) is 3.07. The SMILES string of the molecule is C=C1C[C@H](C(=O)OC)[C@H]2CCC3=C([C@@H]12)[C@H]1COC(=O)[C@H]1CC3. The van der Waals surface area contributed by atoms with Gasteiger partial charge in [0.15, 0.2) is 0 Å². The fourth-order valence-electron chi connectivity index (χ4n) is 5.31. The Morgan fingerprint density at radius 1 is 1.27 bits per heavy atom. The fourth-order valence-corrected chi connectivity index (χ4v) is 5.31. The minimum absolute atomic E-state index is 0.0301. The summed E-state index contributed by atoms with van der Waals surface area (Å²) in [6.07, 6.45) is 4.74. The Bertz CT molecular complexity index is 588. The van der Waals surface area contributed by atoms with E-state index in [0.717, 1.165) is 37.7 Å². The van der Waals surface area contributed by atoms with Crippen molar-refractivity contribution in [3.05, 3.63) is 23.3 Å². The van der Waals surface area contributed by atoms with E-state index in [2.05, 4.69) is 6.58 Å². The van der Waals surface area contributed by atoms with Crippen LogP contribution in [0.3, 0.4) is 0 Å². The maximum atomic E-state index is 12.1. The van der Waals surface area contributed by atoms with E-state index in [4.69, 9.17) is 9.47 Å². The van der Waals surface area contributed by atoms with E-state index in [1.807, 2.05) is 0 Å². The van der Waals surface area contributed by atoms with Crippen molar-refractivity contribution in [3.63, 3.8) is 0 Å². The van der Waals surface area contributed by atoms with Gasteiger partial charge in [-0.05, 0) is 38.0 Å². The summed E-state index contributed by atoms with van der Waals surface area (Å²) in [7, 11) is 1.46. The van der Waals surface area contributed by atoms with Gasteiger partial charge in [0.2, 0.25) is 0 Å². The number of ether oxygens (including phenoxy) is 2. The van der Waals surface area contributed by atoms with Crippen molar-refractivity contribution in [1.82, 2.24) is 0 Å². The van der Waals surface area contributed by atoms with Crippen molar-refractivity contribution in [1.29, 1.82) is 0 Å². The Labute approximate surface area is 130 Å². The van der Waals surface area contributed by atoms with E-state index >= 15 is 0 Å².